The molecule has 1 aromatic carbocycles. The Bertz CT molecular complexity index is 682. The molecular formula is C14H16F2N4O. The number of hydrogen-bond acceptors (Lipinski definition) is 3. The smallest absolute Gasteiger partial charge is 0.251 e. The van der Waals surface area contributed by atoms with Crippen molar-refractivity contribution in [3.63, 3.8) is 0 Å². The summed E-state index contributed by atoms with van der Waals surface area (Å²) in [5, 5.41) is 7.11. The van der Waals surface area contributed by atoms with Crippen molar-refractivity contribution < 1.29 is 13.6 Å². The summed E-state index contributed by atoms with van der Waals surface area (Å²) in [7, 11) is 1.80. The van der Waals surface area contributed by atoms with Gasteiger partial charge in [0.15, 0.2) is 0 Å². The molecule has 1 heterocycles. The highest BCUT2D eigenvalue weighted by Crippen LogP contribution is 2.20. The topological polar surface area (TPSA) is 72.9 Å². The molecule has 21 heavy (non-hydrogen) atoms. The van der Waals surface area contributed by atoms with Crippen LogP contribution in [-0.2, 0) is 20.0 Å². The number of hydrogen-bond donors (Lipinski definition) is 2. The predicted octanol–water partition coefficient (Wildman–Crippen LogP) is 1.97. The number of aryl methyl sites for hydroxylation is 2. The molecule has 2 rings (SSSR count). The van der Waals surface area contributed by atoms with Crippen LogP contribution in [0.5, 0.6) is 0 Å². The number of aromatic nitrogens is 2. The maximum Gasteiger partial charge on any atom is 0.251 e. The molecule has 112 valence electrons. The Morgan fingerprint density at radius 3 is 2.71 bits per heavy atom. The number of nitrogens with zero attached hydrogens (tertiary/aromatic N) is 2. The standard InChI is InChI=1S/C14H16F2N4O/c1-3-12-8(7-20(2)19-12)6-18-13-4-9(14(17)21)10(15)5-11(13)16/h4-5,7,18H,3,6H2,1-2H3,(H2,17,21). The van der Waals surface area contributed by atoms with Crippen molar-refractivity contribution in [2.45, 2.75) is 19.9 Å². The third-order valence-electron chi connectivity index (χ3n) is 3.12. The van der Waals surface area contributed by atoms with Crippen molar-refractivity contribution in [3.8, 4) is 0 Å². The Labute approximate surface area is 120 Å². The zero-order valence-electron chi connectivity index (χ0n) is 11.8. The summed E-state index contributed by atoms with van der Waals surface area (Å²) in [6.07, 6.45) is 2.57. The van der Waals surface area contributed by atoms with Crippen molar-refractivity contribution >= 4 is 11.6 Å². The lowest BCUT2D eigenvalue weighted by Gasteiger charge is -2.09. The summed E-state index contributed by atoms with van der Waals surface area (Å²) in [6, 6.07) is 1.72. The van der Waals surface area contributed by atoms with E-state index in [1.807, 2.05) is 13.1 Å². The third-order valence-corrected chi connectivity index (χ3v) is 3.12. The first-order chi connectivity index (χ1) is 9.92. The number of benzene rings is 1. The molecule has 5 nitrogen and oxygen atoms in total. The van der Waals surface area contributed by atoms with Crippen LogP contribution in [0.2, 0.25) is 0 Å². The van der Waals surface area contributed by atoms with Gasteiger partial charge in [0.05, 0.1) is 16.9 Å². The van der Waals surface area contributed by atoms with Gasteiger partial charge in [-0.15, -0.1) is 0 Å². The summed E-state index contributed by atoms with van der Waals surface area (Å²) in [5.41, 5.74) is 6.52. The highest BCUT2D eigenvalue weighted by Gasteiger charge is 2.14. The Balaban J connectivity index is 2.23. The number of rotatable bonds is 5. The fraction of sp³-hybridized carbons (Fsp3) is 0.286. The van der Waals surface area contributed by atoms with Gasteiger partial charge in [-0.1, -0.05) is 6.92 Å². The number of carbonyl (C=O) groups is 1. The van der Waals surface area contributed by atoms with Gasteiger partial charge in [0, 0.05) is 31.4 Å². The van der Waals surface area contributed by atoms with Crippen LogP contribution in [0.25, 0.3) is 0 Å². The SMILES string of the molecule is CCc1nn(C)cc1CNc1cc(C(N)=O)c(F)cc1F. The lowest BCUT2D eigenvalue weighted by molar-refractivity contribution is 0.0996. The summed E-state index contributed by atoms with van der Waals surface area (Å²) in [5.74, 6) is -2.69. The van der Waals surface area contributed by atoms with Gasteiger partial charge in [0.1, 0.15) is 11.6 Å². The predicted molar refractivity (Wildman–Crippen MR) is 74.8 cm³/mol. The fourth-order valence-electron chi connectivity index (χ4n) is 2.09. The van der Waals surface area contributed by atoms with E-state index in [1.165, 1.54) is 0 Å². The van der Waals surface area contributed by atoms with Crippen molar-refractivity contribution in [1.29, 1.82) is 0 Å². The maximum atomic E-state index is 13.7. The first-order valence-electron chi connectivity index (χ1n) is 6.46. The number of anilines is 1. The van der Waals surface area contributed by atoms with Crippen molar-refractivity contribution in [2.75, 3.05) is 5.32 Å². The number of carbonyl (C=O) groups excluding carboxylic acids is 1. The monoisotopic (exact) mass is 294 g/mol. The number of amides is 1. The quantitative estimate of drug-likeness (QED) is 0.885. The van der Waals surface area contributed by atoms with Gasteiger partial charge in [-0.25, -0.2) is 8.78 Å². The molecule has 3 N–H and O–H groups in total. The molecule has 2 aromatic rings. The lowest BCUT2D eigenvalue weighted by Crippen LogP contribution is -2.14. The molecule has 0 saturated heterocycles. The minimum Gasteiger partial charge on any atom is -0.378 e. The van der Waals surface area contributed by atoms with E-state index in [4.69, 9.17) is 5.73 Å². The average molecular weight is 294 g/mol. The second-order valence-electron chi connectivity index (χ2n) is 4.66. The van der Waals surface area contributed by atoms with E-state index in [0.717, 1.165) is 23.7 Å². The van der Waals surface area contributed by atoms with Gasteiger partial charge in [-0.2, -0.15) is 5.10 Å². The minimum absolute atomic E-state index is 0.0242. The van der Waals surface area contributed by atoms with Crippen molar-refractivity contribution in [1.82, 2.24) is 9.78 Å². The molecule has 0 atom stereocenters. The molecule has 0 bridgehead atoms. The second-order valence-corrected chi connectivity index (χ2v) is 4.66. The van der Waals surface area contributed by atoms with E-state index in [2.05, 4.69) is 10.4 Å². The van der Waals surface area contributed by atoms with E-state index in [1.54, 1.807) is 11.7 Å². The van der Waals surface area contributed by atoms with E-state index >= 15 is 0 Å². The van der Waals surface area contributed by atoms with Crippen LogP contribution in [-0.4, -0.2) is 15.7 Å². The molecular weight excluding hydrogens is 278 g/mol. The third kappa shape index (κ3) is 3.18. The zero-order valence-corrected chi connectivity index (χ0v) is 11.8. The maximum absolute atomic E-state index is 13.7. The van der Waals surface area contributed by atoms with Crippen LogP contribution in [0, 0.1) is 11.6 Å². The first-order valence-corrected chi connectivity index (χ1v) is 6.46. The highest BCUT2D eigenvalue weighted by atomic mass is 19.1. The van der Waals surface area contributed by atoms with Gasteiger partial charge in [0.2, 0.25) is 0 Å². The summed E-state index contributed by atoms with van der Waals surface area (Å²) < 4.78 is 28.8. The van der Waals surface area contributed by atoms with Gasteiger partial charge < -0.3 is 11.1 Å². The zero-order chi connectivity index (χ0) is 15.6. The first kappa shape index (κ1) is 15.0. The molecule has 0 saturated carbocycles. The van der Waals surface area contributed by atoms with Gasteiger partial charge in [-0.3, -0.25) is 9.48 Å². The van der Waals surface area contributed by atoms with Crippen LogP contribution < -0.4 is 11.1 Å². The molecule has 0 aliphatic rings. The average Bonchev–Trinajstić information content (AvgIpc) is 2.77. The highest BCUT2D eigenvalue weighted by molar-refractivity contribution is 5.94. The molecule has 0 radical (unpaired) electrons. The summed E-state index contributed by atoms with van der Waals surface area (Å²) in [4.78, 5) is 11.1. The molecule has 7 heteroatoms. The fourth-order valence-corrected chi connectivity index (χ4v) is 2.09. The molecule has 0 aliphatic carbocycles. The Morgan fingerprint density at radius 1 is 1.38 bits per heavy atom. The van der Waals surface area contributed by atoms with Crippen molar-refractivity contribution in [2.24, 2.45) is 12.8 Å². The Hall–Kier alpha value is -2.44. The van der Waals surface area contributed by atoms with Crippen LogP contribution >= 0.6 is 0 Å². The molecule has 1 aromatic heterocycles. The molecule has 0 unspecified atom stereocenters. The van der Waals surface area contributed by atoms with Gasteiger partial charge >= 0.3 is 0 Å². The molecule has 0 fully saturated rings. The summed E-state index contributed by atoms with van der Waals surface area (Å²) >= 11 is 0. The Kier molecular flexibility index (Phi) is 4.21. The molecule has 0 spiro atoms. The summed E-state index contributed by atoms with van der Waals surface area (Å²) in [6.45, 7) is 2.28. The van der Waals surface area contributed by atoms with Gasteiger partial charge in [0.25, 0.3) is 5.91 Å². The normalized spacial score (nSPS) is 10.7. The van der Waals surface area contributed by atoms with E-state index in [-0.39, 0.29) is 11.3 Å². The largest absolute Gasteiger partial charge is 0.378 e. The van der Waals surface area contributed by atoms with Crippen LogP contribution in [0.1, 0.15) is 28.5 Å². The number of halogens is 2. The minimum atomic E-state index is -0.971. The number of nitrogens with two attached hydrogens (primary N) is 1. The Morgan fingerprint density at radius 2 is 2.10 bits per heavy atom. The number of primary amides is 1. The van der Waals surface area contributed by atoms with E-state index in [9.17, 15) is 13.6 Å². The molecule has 0 aliphatic heterocycles. The van der Waals surface area contributed by atoms with Crippen LogP contribution in [0.3, 0.4) is 0 Å². The van der Waals surface area contributed by atoms with Crippen molar-refractivity contribution in [3.05, 3.63) is 46.8 Å². The number of nitrogens with one attached hydrogen (secondary N) is 1. The van der Waals surface area contributed by atoms with Crippen LogP contribution in [0.4, 0.5) is 14.5 Å². The van der Waals surface area contributed by atoms with Crippen LogP contribution in [0.15, 0.2) is 18.3 Å². The molecule has 1 amide bonds. The second kappa shape index (κ2) is 5.90. The van der Waals surface area contributed by atoms with Gasteiger partial charge in [-0.05, 0) is 12.5 Å². The lowest BCUT2D eigenvalue weighted by atomic mass is 10.1. The van der Waals surface area contributed by atoms with E-state index < -0.39 is 17.5 Å². The van der Waals surface area contributed by atoms with E-state index in [0.29, 0.717) is 12.6 Å².